The van der Waals surface area contributed by atoms with E-state index in [0.717, 1.165) is 0 Å². The monoisotopic (exact) mass is 510 g/mol. The first-order valence-electron chi connectivity index (χ1n) is 9.45. The molecule has 0 bridgehead atoms. The Kier molecular flexibility index (Phi) is 4.83. The minimum absolute atomic E-state index is 0.0619. The van der Waals surface area contributed by atoms with Gasteiger partial charge in [0.05, 0.1) is 21.9 Å². The maximum atomic E-state index is 13.5. The molecule has 0 saturated carbocycles. The number of nitrogens with zero attached hydrogens (tertiary/aromatic N) is 2. The standard InChI is InChI=1S/C23H12BrClN2O5/c24-13-6-9-18-17(10-13)21(28)19-20(12-4-7-15(8-5-12)27(30)31)26(23(29)22(19)32-18)16-3-1-2-14(25)11-16/h1-11,20H. The molecule has 0 spiro atoms. The fourth-order valence-corrected chi connectivity index (χ4v) is 4.48. The number of carbonyl (C=O) groups excluding carboxylic acids is 1. The molecule has 1 aromatic heterocycles. The molecule has 1 amide bonds. The third-order valence-electron chi connectivity index (χ3n) is 5.34. The van der Waals surface area contributed by atoms with Gasteiger partial charge in [0.1, 0.15) is 5.58 Å². The van der Waals surface area contributed by atoms with Crippen molar-refractivity contribution >= 4 is 55.8 Å². The van der Waals surface area contributed by atoms with Gasteiger partial charge in [0.2, 0.25) is 5.76 Å². The molecule has 0 N–H and O–H groups in total. The molecule has 0 fully saturated rings. The topological polar surface area (TPSA) is 93.7 Å². The van der Waals surface area contributed by atoms with Gasteiger partial charge in [0.25, 0.3) is 11.6 Å². The Morgan fingerprint density at radius 1 is 1.03 bits per heavy atom. The van der Waals surface area contributed by atoms with Crippen LogP contribution in [0.2, 0.25) is 5.02 Å². The summed E-state index contributed by atoms with van der Waals surface area (Å²) >= 11 is 9.52. The van der Waals surface area contributed by atoms with Crippen molar-refractivity contribution in [3.8, 4) is 0 Å². The van der Waals surface area contributed by atoms with E-state index in [4.69, 9.17) is 16.0 Å². The summed E-state index contributed by atoms with van der Waals surface area (Å²) < 4.78 is 6.59. The second-order valence-electron chi connectivity index (χ2n) is 7.22. The van der Waals surface area contributed by atoms with Crippen molar-refractivity contribution in [1.29, 1.82) is 0 Å². The van der Waals surface area contributed by atoms with E-state index >= 15 is 0 Å². The molecule has 4 aromatic rings. The van der Waals surface area contributed by atoms with Crippen molar-refractivity contribution in [2.75, 3.05) is 4.90 Å². The van der Waals surface area contributed by atoms with Crippen LogP contribution in [0.4, 0.5) is 11.4 Å². The van der Waals surface area contributed by atoms with E-state index in [2.05, 4.69) is 15.9 Å². The lowest BCUT2D eigenvalue weighted by Crippen LogP contribution is -2.29. The first kappa shape index (κ1) is 20.4. The summed E-state index contributed by atoms with van der Waals surface area (Å²) in [5.74, 6) is -0.555. The number of anilines is 1. The molecule has 1 unspecified atom stereocenters. The molecule has 7 nitrogen and oxygen atoms in total. The number of nitro benzene ring substituents is 1. The van der Waals surface area contributed by atoms with E-state index in [1.165, 1.54) is 29.2 Å². The number of carbonyl (C=O) groups is 1. The second-order valence-corrected chi connectivity index (χ2v) is 8.57. The molecule has 2 heterocycles. The molecule has 1 atom stereocenters. The highest BCUT2D eigenvalue weighted by atomic mass is 79.9. The minimum atomic E-state index is -0.837. The Hall–Kier alpha value is -3.49. The number of non-ortho nitro benzene ring substituents is 1. The van der Waals surface area contributed by atoms with Gasteiger partial charge in [0.15, 0.2) is 5.43 Å². The number of hydrogen-bond donors (Lipinski definition) is 0. The fraction of sp³-hybridized carbons (Fsp3) is 0.0435. The van der Waals surface area contributed by atoms with Crippen LogP contribution in [0.15, 0.2) is 80.4 Å². The summed E-state index contributed by atoms with van der Waals surface area (Å²) in [6, 6.07) is 16.6. The van der Waals surface area contributed by atoms with E-state index in [-0.39, 0.29) is 22.4 Å². The minimum Gasteiger partial charge on any atom is -0.450 e. The molecule has 1 aliphatic rings. The number of amides is 1. The van der Waals surface area contributed by atoms with Crippen LogP contribution in [-0.2, 0) is 0 Å². The van der Waals surface area contributed by atoms with Gasteiger partial charge in [-0.1, -0.05) is 33.6 Å². The molecular formula is C23H12BrClN2O5. The average Bonchev–Trinajstić information content (AvgIpc) is 3.07. The van der Waals surface area contributed by atoms with Gasteiger partial charge < -0.3 is 4.42 Å². The smallest absolute Gasteiger partial charge is 0.295 e. The van der Waals surface area contributed by atoms with Crippen molar-refractivity contribution in [2.45, 2.75) is 6.04 Å². The van der Waals surface area contributed by atoms with E-state index in [0.29, 0.717) is 31.7 Å². The van der Waals surface area contributed by atoms with Crippen molar-refractivity contribution in [1.82, 2.24) is 0 Å². The molecule has 0 aliphatic carbocycles. The van der Waals surface area contributed by atoms with E-state index in [9.17, 15) is 19.7 Å². The highest BCUT2D eigenvalue weighted by molar-refractivity contribution is 9.10. The SMILES string of the molecule is O=C1c2oc3ccc(Br)cc3c(=O)c2C(c2ccc([N+](=O)[O-])cc2)N1c1cccc(Cl)c1. The van der Waals surface area contributed by atoms with Gasteiger partial charge >= 0.3 is 0 Å². The van der Waals surface area contributed by atoms with Gasteiger partial charge in [-0.15, -0.1) is 0 Å². The Bertz CT molecular complexity index is 1480. The van der Waals surface area contributed by atoms with Crippen molar-refractivity contribution < 1.29 is 14.1 Å². The summed E-state index contributed by atoms with van der Waals surface area (Å²) in [5, 5.41) is 11.8. The summed E-state index contributed by atoms with van der Waals surface area (Å²) in [6.45, 7) is 0. The van der Waals surface area contributed by atoms with Crippen molar-refractivity contribution in [2.24, 2.45) is 0 Å². The molecule has 0 radical (unpaired) electrons. The lowest BCUT2D eigenvalue weighted by atomic mass is 9.98. The first-order chi connectivity index (χ1) is 15.3. The summed E-state index contributed by atoms with van der Waals surface area (Å²) in [4.78, 5) is 39.0. The lowest BCUT2D eigenvalue weighted by Gasteiger charge is -2.25. The molecule has 158 valence electrons. The number of hydrogen-bond acceptors (Lipinski definition) is 5. The van der Waals surface area contributed by atoms with Gasteiger partial charge in [-0.05, 0) is 54.1 Å². The Balaban J connectivity index is 1.80. The third-order valence-corrected chi connectivity index (χ3v) is 6.07. The van der Waals surface area contributed by atoms with Crippen LogP contribution in [-0.4, -0.2) is 10.8 Å². The van der Waals surface area contributed by atoms with E-state index < -0.39 is 16.9 Å². The van der Waals surface area contributed by atoms with Crippen LogP contribution in [0, 0.1) is 10.1 Å². The predicted molar refractivity (Wildman–Crippen MR) is 123 cm³/mol. The van der Waals surface area contributed by atoms with Crippen molar-refractivity contribution in [3.05, 3.63) is 113 Å². The lowest BCUT2D eigenvalue weighted by molar-refractivity contribution is -0.384. The highest BCUT2D eigenvalue weighted by Crippen LogP contribution is 2.42. The average molecular weight is 512 g/mol. The van der Waals surface area contributed by atoms with Crippen LogP contribution in [0.5, 0.6) is 0 Å². The summed E-state index contributed by atoms with van der Waals surface area (Å²) in [6.07, 6.45) is 0. The van der Waals surface area contributed by atoms with Crippen LogP contribution < -0.4 is 10.3 Å². The number of nitro groups is 1. The van der Waals surface area contributed by atoms with Gasteiger partial charge in [0, 0.05) is 27.3 Å². The predicted octanol–water partition coefficient (Wildman–Crippen LogP) is 5.87. The third kappa shape index (κ3) is 3.19. The number of fused-ring (bicyclic) bond motifs is 2. The fourth-order valence-electron chi connectivity index (χ4n) is 3.93. The van der Waals surface area contributed by atoms with Crippen LogP contribution in [0.25, 0.3) is 11.0 Å². The second kappa shape index (κ2) is 7.58. The Morgan fingerprint density at radius 2 is 1.78 bits per heavy atom. The van der Waals surface area contributed by atoms with Crippen LogP contribution in [0.3, 0.4) is 0 Å². The first-order valence-corrected chi connectivity index (χ1v) is 10.6. The molecule has 9 heteroatoms. The summed E-state index contributed by atoms with van der Waals surface area (Å²) in [7, 11) is 0. The zero-order valence-electron chi connectivity index (χ0n) is 16.1. The zero-order chi connectivity index (χ0) is 22.6. The maximum Gasteiger partial charge on any atom is 0.295 e. The molecule has 5 rings (SSSR count). The number of rotatable bonds is 3. The number of benzene rings is 3. The Morgan fingerprint density at radius 3 is 2.47 bits per heavy atom. The van der Waals surface area contributed by atoms with Crippen LogP contribution >= 0.6 is 27.5 Å². The van der Waals surface area contributed by atoms with Gasteiger partial charge in [-0.25, -0.2) is 0 Å². The molecular weight excluding hydrogens is 500 g/mol. The highest BCUT2D eigenvalue weighted by Gasteiger charge is 2.43. The number of halogens is 2. The maximum absolute atomic E-state index is 13.5. The van der Waals surface area contributed by atoms with Gasteiger partial charge in [-0.2, -0.15) is 0 Å². The van der Waals surface area contributed by atoms with Crippen molar-refractivity contribution in [3.63, 3.8) is 0 Å². The molecule has 3 aromatic carbocycles. The van der Waals surface area contributed by atoms with Crippen LogP contribution in [0.1, 0.15) is 27.7 Å². The Labute approximate surface area is 194 Å². The molecule has 1 aliphatic heterocycles. The molecule has 0 saturated heterocycles. The largest absolute Gasteiger partial charge is 0.450 e. The zero-order valence-corrected chi connectivity index (χ0v) is 18.5. The summed E-state index contributed by atoms with van der Waals surface area (Å²) in [5.41, 5.74) is 1.03. The van der Waals surface area contributed by atoms with Gasteiger partial charge in [-0.3, -0.25) is 24.6 Å². The molecule has 32 heavy (non-hydrogen) atoms. The normalized spacial score (nSPS) is 15.2. The quantitative estimate of drug-likeness (QED) is 0.253. The van der Waals surface area contributed by atoms with E-state index in [1.807, 2.05) is 0 Å². The van der Waals surface area contributed by atoms with E-state index in [1.54, 1.807) is 42.5 Å².